The quantitative estimate of drug-likeness (QED) is 0.590. The maximum Gasteiger partial charge on any atom is 0.332 e. The molecule has 8 nitrogen and oxygen atoms in total. The van der Waals surface area contributed by atoms with Gasteiger partial charge < -0.3 is 9.80 Å². The van der Waals surface area contributed by atoms with Crippen LogP contribution < -0.4 is 21.0 Å². The lowest BCUT2D eigenvalue weighted by Crippen LogP contribution is -3.26. The van der Waals surface area contributed by atoms with Crippen LogP contribution in [0.4, 0.5) is 0 Å². The van der Waals surface area contributed by atoms with Gasteiger partial charge in [0.1, 0.15) is 32.5 Å². The highest BCUT2D eigenvalue weighted by atomic mass is 16.2. The molecule has 0 bridgehead atoms. The summed E-state index contributed by atoms with van der Waals surface area (Å²) >= 11 is 0. The molecule has 0 unspecified atom stereocenters. The van der Waals surface area contributed by atoms with E-state index in [1.807, 2.05) is 4.57 Å². The van der Waals surface area contributed by atoms with Gasteiger partial charge in [-0.25, -0.2) is 9.78 Å². The maximum atomic E-state index is 12.4. The molecule has 114 valence electrons. The van der Waals surface area contributed by atoms with E-state index < -0.39 is 0 Å². The van der Waals surface area contributed by atoms with Crippen LogP contribution in [0.3, 0.4) is 0 Å². The number of aromatic nitrogens is 4. The minimum Gasteiger partial charge on any atom is -0.328 e. The monoisotopic (exact) mass is 294 g/mol. The lowest BCUT2D eigenvalue weighted by Gasteiger charge is -2.27. The average molecular weight is 294 g/mol. The van der Waals surface area contributed by atoms with E-state index >= 15 is 0 Å². The molecule has 1 saturated heterocycles. The Labute approximate surface area is 121 Å². The highest BCUT2D eigenvalue weighted by Crippen LogP contribution is 2.03. The smallest absolute Gasteiger partial charge is 0.328 e. The molecule has 1 aliphatic heterocycles. The number of hydrogen-bond acceptors (Lipinski definition) is 3. The van der Waals surface area contributed by atoms with Gasteiger partial charge >= 0.3 is 5.69 Å². The van der Waals surface area contributed by atoms with E-state index in [4.69, 9.17) is 0 Å². The minimum absolute atomic E-state index is 0.273. The van der Waals surface area contributed by atoms with Crippen molar-refractivity contribution < 1.29 is 9.80 Å². The maximum absolute atomic E-state index is 12.4. The summed E-state index contributed by atoms with van der Waals surface area (Å²) in [4.78, 5) is 31.5. The third-order valence-electron chi connectivity index (χ3n) is 4.42. The van der Waals surface area contributed by atoms with Crippen LogP contribution in [0.1, 0.15) is 0 Å². The Hall–Kier alpha value is -1.93. The largest absolute Gasteiger partial charge is 0.332 e. The lowest BCUT2D eigenvalue weighted by atomic mass is 10.3. The second-order valence-electron chi connectivity index (χ2n) is 5.96. The Morgan fingerprint density at radius 2 is 1.81 bits per heavy atom. The molecular formula is C13H22N6O2+2. The third-order valence-corrected chi connectivity index (χ3v) is 4.42. The molecule has 0 radical (unpaired) electrons. The number of nitrogens with one attached hydrogen (secondary N) is 2. The molecule has 8 heteroatoms. The van der Waals surface area contributed by atoms with Crippen molar-refractivity contribution in [2.45, 2.75) is 6.67 Å². The number of fused-ring (bicyclic) bond motifs is 1. The Morgan fingerprint density at radius 1 is 1.14 bits per heavy atom. The van der Waals surface area contributed by atoms with Gasteiger partial charge in [0.05, 0.1) is 7.05 Å². The van der Waals surface area contributed by atoms with Gasteiger partial charge in [-0.1, -0.05) is 0 Å². The molecule has 3 rings (SSSR count). The summed E-state index contributed by atoms with van der Waals surface area (Å²) < 4.78 is 4.45. The van der Waals surface area contributed by atoms with E-state index in [0.717, 1.165) is 37.4 Å². The molecule has 0 atom stereocenters. The Morgan fingerprint density at radius 3 is 2.48 bits per heavy atom. The first-order valence-corrected chi connectivity index (χ1v) is 7.24. The predicted octanol–water partition coefficient (Wildman–Crippen LogP) is -4.20. The summed E-state index contributed by atoms with van der Waals surface area (Å²) in [7, 11) is 5.36. The van der Waals surface area contributed by atoms with Crippen molar-refractivity contribution in [3.8, 4) is 0 Å². The molecule has 2 N–H and O–H groups in total. The van der Waals surface area contributed by atoms with Gasteiger partial charge in [-0.3, -0.25) is 18.5 Å². The van der Waals surface area contributed by atoms with E-state index in [1.54, 1.807) is 18.3 Å². The highest BCUT2D eigenvalue weighted by molar-refractivity contribution is 5.69. The van der Waals surface area contributed by atoms with Gasteiger partial charge in [0, 0.05) is 14.1 Å². The van der Waals surface area contributed by atoms with Crippen LogP contribution in [0.2, 0.25) is 0 Å². The van der Waals surface area contributed by atoms with Crippen LogP contribution in [0.15, 0.2) is 15.9 Å². The minimum atomic E-state index is -0.340. The van der Waals surface area contributed by atoms with Crippen molar-refractivity contribution in [3.05, 3.63) is 27.2 Å². The highest BCUT2D eigenvalue weighted by Gasteiger charge is 2.22. The Bertz CT molecular complexity index is 778. The van der Waals surface area contributed by atoms with Gasteiger partial charge in [-0.15, -0.1) is 0 Å². The zero-order valence-electron chi connectivity index (χ0n) is 12.7. The average Bonchev–Trinajstić information content (AvgIpc) is 2.89. The molecular weight excluding hydrogens is 272 g/mol. The first-order chi connectivity index (χ1) is 9.99. The standard InChI is InChI=1S/C13H20N6O2/c1-15-4-6-18(7-5-15)9-19-8-14-11-10(19)12(20)17(3)13(21)16(11)2/h8H,4-7,9H2,1-3H3/p+2. The van der Waals surface area contributed by atoms with Crippen molar-refractivity contribution in [2.75, 3.05) is 33.2 Å². The van der Waals surface area contributed by atoms with Crippen molar-refractivity contribution >= 4 is 11.2 Å². The molecule has 0 aliphatic carbocycles. The number of likely N-dealkylation sites (N-methyl/N-ethyl adjacent to an activating group) is 1. The zero-order valence-corrected chi connectivity index (χ0v) is 12.7. The van der Waals surface area contributed by atoms with Gasteiger partial charge in [0.15, 0.2) is 17.8 Å². The summed E-state index contributed by atoms with van der Waals surface area (Å²) in [6, 6.07) is 0. The van der Waals surface area contributed by atoms with Crippen LogP contribution >= 0.6 is 0 Å². The number of imidazole rings is 1. The van der Waals surface area contributed by atoms with Gasteiger partial charge in [-0.2, -0.15) is 0 Å². The summed E-state index contributed by atoms with van der Waals surface area (Å²) in [6.07, 6.45) is 1.67. The van der Waals surface area contributed by atoms with E-state index in [1.165, 1.54) is 16.5 Å². The molecule has 2 aromatic heterocycles. The second-order valence-corrected chi connectivity index (χ2v) is 5.96. The molecule has 0 spiro atoms. The number of piperazine rings is 1. The van der Waals surface area contributed by atoms with E-state index in [0.29, 0.717) is 11.2 Å². The molecule has 0 aromatic carbocycles. The fraction of sp³-hybridized carbons (Fsp3) is 0.615. The molecule has 21 heavy (non-hydrogen) atoms. The number of nitrogens with zero attached hydrogens (tertiary/aromatic N) is 4. The second kappa shape index (κ2) is 5.12. The third kappa shape index (κ3) is 2.30. The fourth-order valence-electron chi connectivity index (χ4n) is 2.95. The molecule has 3 heterocycles. The molecule has 1 aliphatic rings. The van der Waals surface area contributed by atoms with E-state index in [-0.39, 0.29) is 11.2 Å². The van der Waals surface area contributed by atoms with Crippen molar-refractivity contribution in [2.24, 2.45) is 14.1 Å². The fourth-order valence-corrected chi connectivity index (χ4v) is 2.95. The summed E-state index contributed by atoms with van der Waals surface area (Å²) in [5.74, 6) is 0. The van der Waals surface area contributed by atoms with Crippen LogP contribution in [-0.4, -0.2) is 51.9 Å². The van der Waals surface area contributed by atoms with Crippen LogP contribution in [0, 0.1) is 0 Å². The summed E-state index contributed by atoms with van der Waals surface area (Å²) in [6.45, 7) is 5.16. The lowest BCUT2D eigenvalue weighted by molar-refractivity contribution is -1.01. The van der Waals surface area contributed by atoms with Gasteiger partial charge in [0.2, 0.25) is 0 Å². The number of hydrogen-bond donors (Lipinski definition) is 2. The van der Waals surface area contributed by atoms with Crippen molar-refractivity contribution in [1.82, 2.24) is 18.7 Å². The van der Waals surface area contributed by atoms with E-state index in [9.17, 15) is 9.59 Å². The van der Waals surface area contributed by atoms with E-state index in [2.05, 4.69) is 12.0 Å². The zero-order chi connectivity index (χ0) is 15.1. The number of aryl methyl sites for hydroxylation is 1. The first-order valence-electron chi connectivity index (χ1n) is 7.24. The SMILES string of the molecule is Cn1c(=O)c2c(ncn2C[NH+]2CC[NH+](C)CC2)n(C)c1=O. The predicted molar refractivity (Wildman–Crippen MR) is 77.5 cm³/mol. The topological polar surface area (TPSA) is 70.7 Å². The summed E-state index contributed by atoms with van der Waals surface area (Å²) in [5.41, 5.74) is 0.360. The number of rotatable bonds is 2. The van der Waals surface area contributed by atoms with Gasteiger partial charge in [-0.05, 0) is 0 Å². The molecule has 0 amide bonds. The van der Waals surface area contributed by atoms with Crippen LogP contribution in [-0.2, 0) is 20.8 Å². The van der Waals surface area contributed by atoms with Crippen molar-refractivity contribution in [3.63, 3.8) is 0 Å². The van der Waals surface area contributed by atoms with Crippen LogP contribution in [0.25, 0.3) is 11.2 Å². The van der Waals surface area contributed by atoms with Crippen molar-refractivity contribution in [1.29, 1.82) is 0 Å². The first kappa shape index (κ1) is 14.0. The normalized spacial score (nSPS) is 22.8. The molecule has 2 aromatic rings. The van der Waals surface area contributed by atoms with Crippen LogP contribution in [0.5, 0.6) is 0 Å². The molecule has 1 fully saturated rings. The molecule has 0 saturated carbocycles. The number of quaternary nitrogens is 2. The Balaban J connectivity index is 2.01. The Kier molecular flexibility index (Phi) is 3.42. The summed E-state index contributed by atoms with van der Waals surface area (Å²) in [5, 5.41) is 0. The van der Waals surface area contributed by atoms with Gasteiger partial charge in [0.25, 0.3) is 5.56 Å².